The van der Waals surface area contributed by atoms with Gasteiger partial charge in [-0.2, -0.15) is 5.10 Å². The second kappa shape index (κ2) is 6.30. The van der Waals surface area contributed by atoms with Gasteiger partial charge in [-0.3, -0.25) is 9.48 Å². The van der Waals surface area contributed by atoms with Crippen LogP contribution in [-0.4, -0.2) is 22.8 Å². The van der Waals surface area contributed by atoms with Gasteiger partial charge in [0.25, 0.3) is 5.91 Å². The maximum absolute atomic E-state index is 12.8. The van der Waals surface area contributed by atoms with E-state index in [1.54, 1.807) is 13.3 Å². The lowest BCUT2D eigenvalue weighted by Crippen LogP contribution is -2.36. The molecule has 0 bridgehead atoms. The van der Waals surface area contributed by atoms with Gasteiger partial charge in [-0.1, -0.05) is 18.6 Å². The summed E-state index contributed by atoms with van der Waals surface area (Å²) in [7, 11) is 1.67. The highest BCUT2D eigenvalue weighted by Crippen LogP contribution is 2.38. The third-order valence-corrected chi connectivity index (χ3v) is 5.36. The van der Waals surface area contributed by atoms with Crippen molar-refractivity contribution in [3.8, 4) is 5.75 Å². The minimum atomic E-state index is 0.00543. The molecule has 24 heavy (non-hydrogen) atoms. The van der Waals surface area contributed by atoms with Crippen LogP contribution >= 0.6 is 0 Å². The van der Waals surface area contributed by atoms with Gasteiger partial charge in [0, 0.05) is 6.54 Å². The second-order valence-corrected chi connectivity index (χ2v) is 6.75. The van der Waals surface area contributed by atoms with E-state index in [1.165, 1.54) is 19.3 Å². The molecule has 0 saturated heterocycles. The van der Waals surface area contributed by atoms with Gasteiger partial charge in [0.1, 0.15) is 5.75 Å². The topological polar surface area (TPSA) is 56.1 Å². The quantitative estimate of drug-likeness (QED) is 0.919. The van der Waals surface area contributed by atoms with Crippen LogP contribution in [0.5, 0.6) is 5.75 Å². The number of nitrogens with one attached hydrogen (secondary N) is 1. The fraction of sp³-hybridized carbons (Fsp3) is 0.474. The molecule has 1 fully saturated rings. The smallest absolute Gasteiger partial charge is 0.255 e. The molecule has 5 nitrogen and oxygen atoms in total. The highest BCUT2D eigenvalue weighted by Gasteiger charge is 2.31. The maximum Gasteiger partial charge on any atom is 0.255 e. The number of aryl methyl sites for hydroxylation is 1. The molecule has 1 aromatic carbocycles. The van der Waals surface area contributed by atoms with Crippen molar-refractivity contribution in [3.63, 3.8) is 0 Å². The van der Waals surface area contributed by atoms with Crippen LogP contribution in [0.15, 0.2) is 30.5 Å². The van der Waals surface area contributed by atoms with Crippen molar-refractivity contribution in [1.82, 2.24) is 15.1 Å². The highest BCUT2D eigenvalue weighted by atomic mass is 16.5. The summed E-state index contributed by atoms with van der Waals surface area (Å²) >= 11 is 0. The zero-order valence-corrected chi connectivity index (χ0v) is 14.0. The van der Waals surface area contributed by atoms with Crippen molar-refractivity contribution < 1.29 is 9.53 Å². The van der Waals surface area contributed by atoms with Gasteiger partial charge in [0.2, 0.25) is 0 Å². The Hall–Kier alpha value is -2.30. The Morgan fingerprint density at radius 2 is 2.08 bits per heavy atom. The van der Waals surface area contributed by atoms with E-state index in [9.17, 15) is 4.79 Å². The summed E-state index contributed by atoms with van der Waals surface area (Å²) in [6, 6.07) is 8.11. The summed E-state index contributed by atoms with van der Waals surface area (Å²) in [5.41, 5.74) is 2.97. The zero-order chi connectivity index (χ0) is 16.5. The Labute approximate surface area is 142 Å². The van der Waals surface area contributed by atoms with E-state index in [1.807, 2.05) is 16.8 Å². The average Bonchev–Trinajstić information content (AvgIpc) is 3.15. The first-order valence-corrected chi connectivity index (χ1v) is 8.76. The summed E-state index contributed by atoms with van der Waals surface area (Å²) in [6.07, 6.45) is 7.33. The SMILES string of the molecule is COc1ccc(C(NC(=O)c2cnn3c2CCC3)C2CCC2)cc1. The molecule has 1 aliphatic heterocycles. The summed E-state index contributed by atoms with van der Waals surface area (Å²) in [5.74, 6) is 1.36. The van der Waals surface area contributed by atoms with E-state index in [0.717, 1.165) is 42.0 Å². The number of hydrogen-bond acceptors (Lipinski definition) is 3. The van der Waals surface area contributed by atoms with Crippen LogP contribution in [0.25, 0.3) is 0 Å². The van der Waals surface area contributed by atoms with Crippen molar-refractivity contribution in [3.05, 3.63) is 47.3 Å². The van der Waals surface area contributed by atoms with E-state index in [4.69, 9.17) is 4.74 Å². The molecule has 1 atom stereocenters. The molecule has 1 N–H and O–H groups in total. The number of hydrogen-bond donors (Lipinski definition) is 1. The number of carbonyl (C=O) groups is 1. The van der Waals surface area contributed by atoms with Crippen molar-refractivity contribution in [2.24, 2.45) is 5.92 Å². The number of benzene rings is 1. The normalized spacial score (nSPS) is 17.9. The van der Waals surface area contributed by atoms with Crippen LogP contribution in [-0.2, 0) is 13.0 Å². The first-order valence-electron chi connectivity index (χ1n) is 8.76. The Bertz CT molecular complexity index is 732. The zero-order valence-electron chi connectivity index (χ0n) is 14.0. The molecule has 126 valence electrons. The molecule has 1 amide bonds. The average molecular weight is 325 g/mol. The first-order chi connectivity index (χ1) is 11.8. The third-order valence-electron chi connectivity index (χ3n) is 5.36. The number of nitrogens with zero attached hydrogens (tertiary/aromatic N) is 2. The maximum atomic E-state index is 12.8. The molecular weight excluding hydrogens is 302 g/mol. The number of aromatic nitrogens is 2. The van der Waals surface area contributed by atoms with Gasteiger partial charge in [-0.05, 0) is 49.3 Å². The largest absolute Gasteiger partial charge is 0.497 e. The predicted molar refractivity (Wildman–Crippen MR) is 91.1 cm³/mol. The van der Waals surface area contributed by atoms with E-state index in [0.29, 0.717) is 5.92 Å². The number of fused-ring (bicyclic) bond motifs is 1. The minimum Gasteiger partial charge on any atom is -0.497 e. The molecular formula is C19H23N3O2. The van der Waals surface area contributed by atoms with Crippen LogP contribution in [0.4, 0.5) is 0 Å². The fourth-order valence-corrected chi connectivity index (χ4v) is 3.73. The van der Waals surface area contributed by atoms with Crippen LogP contribution in [0.2, 0.25) is 0 Å². The molecule has 1 aromatic heterocycles. The molecule has 2 aliphatic rings. The van der Waals surface area contributed by atoms with Gasteiger partial charge in [-0.25, -0.2) is 0 Å². The van der Waals surface area contributed by atoms with Crippen molar-refractivity contribution in [2.45, 2.75) is 44.7 Å². The van der Waals surface area contributed by atoms with Crippen LogP contribution in [0.1, 0.15) is 53.3 Å². The van der Waals surface area contributed by atoms with Gasteiger partial charge in [0.05, 0.1) is 30.6 Å². The van der Waals surface area contributed by atoms with E-state index >= 15 is 0 Å². The van der Waals surface area contributed by atoms with Crippen LogP contribution < -0.4 is 10.1 Å². The van der Waals surface area contributed by atoms with Crippen LogP contribution in [0.3, 0.4) is 0 Å². The summed E-state index contributed by atoms with van der Waals surface area (Å²) < 4.78 is 7.20. The Kier molecular flexibility index (Phi) is 4.00. The molecule has 1 saturated carbocycles. The number of methoxy groups -OCH3 is 1. The Balaban J connectivity index is 1.56. The minimum absolute atomic E-state index is 0.00543. The van der Waals surface area contributed by atoms with Crippen molar-refractivity contribution in [1.29, 1.82) is 0 Å². The lowest BCUT2D eigenvalue weighted by molar-refractivity contribution is 0.0900. The molecule has 1 unspecified atom stereocenters. The Morgan fingerprint density at radius 1 is 1.29 bits per heavy atom. The predicted octanol–water partition coefficient (Wildman–Crippen LogP) is 3.11. The number of amides is 1. The lowest BCUT2D eigenvalue weighted by atomic mass is 9.77. The van der Waals surface area contributed by atoms with Gasteiger partial charge < -0.3 is 10.1 Å². The summed E-state index contributed by atoms with van der Waals surface area (Å²) in [6.45, 7) is 0.924. The second-order valence-electron chi connectivity index (χ2n) is 6.75. The Morgan fingerprint density at radius 3 is 2.75 bits per heavy atom. The third kappa shape index (κ3) is 2.68. The van der Waals surface area contributed by atoms with Crippen molar-refractivity contribution >= 4 is 5.91 Å². The molecule has 2 aromatic rings. The first kappa shape index (κ1) is 15.2. The van der Waals surface area contributed by atoms with Crippen molar-refractivity contribution in [2.75, 3.05) is 7.11 Å². The van der Waals surface area contributed by atoms with Gasteiger partial charge >= 0.3 is 0 Å². The standard InChI is InChI=1S/C19H23N3O2/c1-24-15-9-7-14(8-10-15)18(13-4-2-5-13)21-19(23)16-12-20-22-11-3-6-17(16)22/h7-10,12-13,18H,2-6,11H2,1H3,(H,21,23). The van der Waals surface area contributed by atoms with E-state index < -0.39 is 0 Å². The molecule has 0 radical (unpaired) electrons. The van der Waals surface area contributed by atoms with E-state index in [2.05, 4.69) is 22.5 Å². The molecule has 1 aliphatic carbocycles. The monoisotopic (exact) mass is 325 g/mol. The highest BCUT2D eigenvalue weighted by molar-refractivity contribution is 5.95. The molecule has 0 spiro atoms. The molecule has 4 rings (SSSR count). The van der Waals surface area contributed by atoms with Gasteiger partial charge in [0.15, 0.2) is 0 Å². The molecule has 5 heteroatoms. The summed E-state index contributed by atoms with van der Waals surface area (Å²) in [4.78, 5) is 12.8. The number of ether oxygens (including phenoxy) is 1. The van der Waals surface area contributed by atoms with Gasteiger partial charge in [-0.15, -0.1) is 0 Å². The molecule has 2 heterocycles. The van der Waals surface area contributed by atoms with Crippen LogP contribution in [0, 0.1) is 5.92 Å². The number of rotatable bonds is 5. The van der Waals surface area contributed by atoms with E-state index in [-0.39, 0.29) is 11.9 Å². The number of carbonyl (C=O) groups excluding carboxylic acids is 1. The summed E-state index contributed by atoms with van der Waals surface area (Å²) in [5, 5.41) is 7.61. The lowest BCUT2D eigenvalue weighted by Gasteiger charge is -2.34. The fourth-order valence-electron chi connectivity index (χ4n) is 3.73.